The Hall–Kier alpha value is -2.46. The van der Waals surface area contributed by atoms with Crippen molar-refractivity contribution in [3.05, 3.63) is 30.1 Å². The number of hydrogen-bond acceptors (Lipinski definition) is 8. The molecular formula is C16H18N6O2S2. The summed E-state index contributed by atoms with van der Waals surface area (Å²) >= 11 is 2.62. The quantitative estimate of drug-likeness (QED) is 0.598. The molecule has 2 N–H and O–H groups in total. The minimum Gasteiger partial charge on any atom is -0.508 e. The first-order valence-corrected chi connectivity index (χ1v) is 9.88. The third-order valence-corrected chi connectivity index (χ3v) is 5.40. The van der Waals surface area contributed by atoms with Gasteiger partial charge in [0.1, 0.15) is 16.6 Å². The lowest BCUT2D eigenvalue weighted by Crippen LogP contribution is -2.14. The Labute approximate surface area is 158 Å². The smallest absolute Gasteiger partial charge is 0.236 e. The summed E-state index contributed by atoms with van der Waals surface area (Å²) in [5.41, 5.74) is 0.832. The second-order valence-electron chi connectivity index (χ2n) is 5.29. The van der Waals surface area contributed by atoms with E-state index < -0.39 is 0 Å². The summed E-state index contributed by atoms with van der Waals surface area (Å²) in [5, 5.41) is 30.3. The van der Waals surface area contributed by atoms with Crippen LogP contribution >= 0.6 is 23.1 Å². The van der Waals surface area contributed by atoms with Crippen molar-refractivity contribution in [1.82, 2.24) is 25.0 Å². The van der Waals surface area contributed by atoms with E-state index >= 15 is 0 Å². The topological polar surface area (TPSA) is 106 Å². The molecule has 0 unspecified atom stereocenters. The van der Waals surface area contributed by atoms with Gasteiger partial charge in [-0.05, 0) is 31.2 Å². The Balaban J connectivity index is 1.59. The van der Waals surface area contributed by atoms with Crippen LogP contribution in [0.1, 0.15) is 19.7 Å². The summed E-state index contributed by atoms with van der Waals surface area (Å²) in [6.07, 6.45) is 0.804. The number of carbonyl (C=O) groups is 1. The molecule has 0 saturated carbocycles. The van der Waals surface area contributed by atoms with E-state index in [4.69, 9.17) is 0 Å². The highest BCUT2D eigenvalue weighted by molar-refractivity contribution is 7.99. The molecule has 0 atom stereocenters. The summed E-state index contributed by atoms with van der Waals surface area (Å²) in [4.78, 5) is 12.2. The summed E-state index contributed by atoms with van der Waals surface area (Å²) in [6.45, 7) is 4.82. The van der Waals surface area contributed by atoms with E-state index in [2.05, 4.69) is 25.7 Å². The molecule has 2 heterocycles. The number of aromatic nitrogens is 5. The van der Waals surface area contributed by atoms with E-state index in [1.54, 1.807) is 24.3 Å². The van der Waals surface area contributed by atoms with Gasteiger partial charge in [0.05, 0.1) is 5.75 Å². The lowest BCUT2D eigenvalue weighted by molar-refractivity contribution is -0.113. The summed E-state index contributed by atoms with van der Waals surface area (Å²) in [7, 11) is 0. The summed E-state index contributed by atoms with van der Waals surface area (Å²) in [6, 6.07) is 6.67. The fourth-order valence-corrected chi connectivity index (χ4v) is 3.87. The van der Waals surface area contributed by atoms with E-state index in [1.807, 2.05) is 18.4 Å². The van der Waals surface area contributed by atoms with Gasteiger partial charge in [0.25, 0.3) is 0 Å². The van der Waals surface area contributed by atoms with Crippen LogP contribution in [0, 0.1) is 0 Å². The van der Waals surface area contributed by atoms with Crippen LogP contribution < -0.4 is 5.32 Å². The van der Waals surface area contributed by atoms with Crippen molar-refractivity contribution in [2.75, 3.05) is 11.1 Å². The van der Waals surface area contributed by atoms with Gasteiger partial charge < -0.3 is 9.67 Å². The number of hydrogen-bond donors (Lipinski definition) is 2. The largest absolute Gasteiger partial charge is 0.508 e. The number of rotatable bonds is 7. The van der Waals surface area contributed by atoms with Crippen LogP contribution in [0.3, 0.4) is 0 Å². The molecule has 1 amide bonds. The second-order valence-corrected chi connectivity index (χ2v) is 7.21. The lowest BCUT2D eigenvalue weighted by Gasteiger charge is -2.05. The highest BCUT2D eigenvalue weighted by atomic mass is 32.2. The van der Waals surface area contributed by atoms with Crippen LogP contribution in [0.25, 0.3) is 10.6 Å². The first-order valence-electron chi connectivity index (χ1n) is 8.08. The SMILES string of the molecule is CCc1nnc(SCC(=O)Nc2nnc(-c3ccc(O)cc3)s2)n1CC. The van der Waals surface area contributed by atoms with Gasteiger partial charge in [-0.15, -0.1) is 20.4 Å². The fourth-order valence-electron chi connectivity index (χ4n) is 2.28. The normalized spacial score (nSPS) is 10.8. The molecule has 8 nitrogen and oxygen atoms in total. The van der Waals surface area contributed by atoms with Crippen LogP contribution in [0.4, 0.5) is 5.13 Å². The zero-order valence-corrected chi connectivity index (χ0v) is 16.0. The molecule has 0 aliphatic rings. The number of phenols is 1. The Kier molecular flexibility index (Phi) is 5.84. The summed E-state index contributed by atoms with van der Waals surface area (Å²) in [5.74, 6) is 1.15. The van der Waals surface area contributed by atoms with Crippen molar-refractivity contribution in [1.29, 1.82) is 0 Å². The van der Waals surface area contributed by atoms with Gasteiger partial charge in [0.15, 0.2) is 5.16 Å². The number of thioether (sulfide) groups is 1. The number of amides is 1. The molecule has 0 aliphatic carbocycles. The third kappa shape index (κ3) is 4.20. The van der Waals surface area contributed by atoms with Crippen LogP contribution in [-0.4, -0.2) is 41.7 Å². The van der Waals surface area contributed by atoms with Crippen LogP contribution in [0.5, 0.6) is 5.75 Å². The molecule has 0 radical (unpaired) electrons. The molecule has 2 aromatic heterocycles. The van der Waals surface area contributed by atoms with Gasteiger partial charge in [0, 0.05) is 18.5 Å². The predicted molar refractivity (Wildman–Crippen MR) is 101 cm³/mol. The molecule has 3 aromatic rings. The van der Waals surface area contributed by atoms with Crippen molar-refractivity contribution >= 4 is 34.1 Å². The van der Waals surface area contributed by atoms with Crippen LogP contribution in [0.2, 0.25) is 0 Å². The molecule has 3 rings (SSSR count). The molecule has 0 bridgehead atoms. The maximum Gasteiger partial charge on any atom is 0.236 e. The molecule has 0 aliphatic heterocycles. The molecule has 10 heteroatoms. The van der Waals surface area contributed by atoms with E-state index in [0.29, 0.717) is 10.1 Å². The van der Waals surface area contributed by atoms with Crippen molar-refractivity contribution in [2.45, 2.75) is 32.0 Å². The number of aromatic hydroxyl groups is 1. The maximum absolute atomic E-state index is 12.2. The predicted octanol–water partition coefficient (Wildman–Crippen LogP) is 2.82. The van der Waals surface area contributed by atoms with E-state index in [1.165, 1.54) is 23.1 Å². The first kappa shape index (κ1) is 18.3. The zero-order valence-electron chi connectivity index (χ0n) is 14.3. The number of phenolic OH excluding ortho intramolecular Hbond substituents is 1. The maximum atomic E-state index is 12.2. The van der Waals surface area contributed by atoms with Gasteiger partial charge in [-0.3, -0.25) is 10.1 Å². The highest BCUT2D eigenvalue weighted by Crippen LogP contribution is 2.27. The highest BCUT2D eigenvalue weighted by Gasteiger charge is 2.14. The monoisotopic (exact) mass is 390 g/mol. The Bertz CT molecular complexity index is 891. The van der Waals surface area contributed by atoms with Gasteiger partial charge in [0.2, 0.25) is 11.0 Å². The average molecular weight is 390 g/mol. The zero-order chi connectivity index (χ0) is 18.5. The second kappa shape index (κ2) is 8.28. The van der Waals surface area contributed by atoms with E-state index in [9.17, 15) is 9.90 Å². The Morgan fingerprint density at radius 3 is 2.65 bits per heavy atom. The number of carbonyl (C=O) groups excluding carboxylic acids is 1. The first-order chi connectivity index (χ1) is 12.6. The molecular weight excluding hydrogens is 372 g/mol. The van der Waals surface area contributed by atoms with Crippen molar-refractivity contribution in [3.8, 4) is 16.3 Å². The lowest BCUT2D eigenvalue weighted by atomic mass is 10.2. The molecule has 0 fully saturated rings. The molecule has 136 valence electrons. The number of aryl methyl sites for hydroxylation is 1. The molecule has 1 aromatic carbocycles. The van der Waals surface area contributed by atoms with Crippen molar-refractivity contribution < 1.29 is 9.90 Å². The third-order valence-electron chi connectivity index (χ3n) is 3.54. The fraction of sp³-hybridized carbons (Fsp3) is 0.312. The summed E-state index contributed by atoms with van der Waals surface area (Å²) < 4.78 is 2.01. The number of anilines is 1. The Morgan fingerprint density at radius 1 is 1.19 bits per heavy atom. The van der Waals surface area contributed by atoms with Crippen LogP contribution in [0.15, 0.2) is 29.4 Å². The average Bonchev–Trinajstić information content (AvgIpc) is 3.26. The van der Waals surface area contributed by atoms with Crippen molar-refractivity contribution in [3.63, 3.8) is 0 Å². The van der Waals surface area contributed by atoms with E-state index in [-0.39, 0.29) is 17.4 Å². The molecule has 0 spiro atoms. The van der Waals surface area contributed by atoms with E-state index in [0.717, 1.165) is 29.5 Å². The Morgan fingerprint density at radius 2 is 1.96 bits per heavy atom. The van der Waals surface area contributed by atoms with Gasteiger partial charge in [-0.1, -0.05) is 30.0 Å². The van der Waals surface area contributed by atoms with Gasteiger partial charge in [-0.25, -0.2) is 0 Å². The number of nitrogens with zero attached hydrogens (tertiary/aromatic N) is 5. The standard InChI is InChI=1S/C16H18N6O2S2/c1-3-12-18-21-16(22(12)4-2)25-9-13(24)17-15-20-19-14(26-15)10-5-7-11(23)8-6-10/h5-8,23H,3-4,9H2,1-2H3,(H,17,20,24). The minimum absolute atomic E-state index is 0.174. The number of benzene rings is 1. The molecule has 26 heavy (non-hydrogen) atoms. The van der Waals surface area contributed by atoms with Crippen molar-refractivity contribution in [2.24, 2.45) is 0 Å². The van der Waals surface area contributed by atoms with Gasteiger partial charge >= 0.3 is 0 Å². The molecule has 0 saturated heterocycles. The van der Waals surface area contributed by atoms with Gasteiger partial charge in [-0.2, -0.15) is 0 Å². The number of nitrogens with one attached hydrogen (secondary N) is 1. The minimum atomic E-state index is -0.174. The van der Waals surface area contributed by atoms with Crippen LogP contribution in [-0.2, 0) is 17.8 Å².